The Morgan fingerprint density at radius 3 is 1.75 bits per heavy atom. The van der Waals surface area contributed by atoms with Crippen LogP contribution in [-0.2, 0) is 10.8 Å². The molecular weight excluding hydrogens is 693 g/mol. The maximum atomic E-state index is 6.49. The third-order valence-corrected chi connectivity index (χ3v) is 12.6. The summed E-state index contributed by atoms with van der Waals surface area (Å²) < 4.78 is 6.49. The Hall–Kier alpha value is -6.84. The van der Waals surface area contributed by atoms with Crippen molar-refractivity contribution in [2.75, 3.05) is 9.80 Å². The van der Waals surface area contributed by atoms with Gasteiger partial charge < -0.3 is 14.5 Å². The monoisotopic (exact) mass is 734 g/mol. The molecule has 3 aliphatic rings. The fourth-order valence-corrected chi connectivity index (χ4v) is 9.82. The van der Waals surface area contributed by atoms with E-state index in [2.05, 4.69) is 213 Å². The molecule has 11 rings (SSSR count). The Kier molecular flexibility index (Phi) is 7.25. The minimum Gasteiger partial charge on any atom is -0.453 e. The predicted octanol–water partition coefficient (Wildman–Crippen LogP) is 15.0. The minimum absolute atomic E-state index is 0.103. The van der Waals surface area contributed by atoms with Gasteiger partial charge in [0.05, 0.1) is 17.1 Å². The van der Waals surface area contributed by atoms with Gasteiger partial charge in [-0.25, -0.2) is 0 Å². The number of ether oxygens (including phenoxy) is 1. The van der Waals surface area contributed by atoms with Crippen LogP contribution in [0.4, 0.5) is 34.1 Å². The van der Waals surface area contributed by atoms with Gasteiger partial charge in [-0.1, -0.05) is 149 Å². The van der Waals surface area contributed by atoms with E-state index in [4.69, 9.17) is 4.74 Å². The van der Waals surface area contributed by atoms with Crippen LogP contribution in [0, 0.1) is 0 Å². The van der Waals surface area contributed by atoms with Crippen LogP contribution in [0.2, 0.25) is 0 Å². The molecule has 0 saturated heterocycles. The third-order valence-electron chi connectivity index (χ3n) is 12.6. The molecule has 0 amide bonds. The number of anilines is 6. The molecule has 2 aliphatic heterocycles. The maximum Gasteiger partial charge on any atom is 0.151 e. The highest BCUT2D eigenvalue weighted by Crippen LogP contribution is 2.61. The van der Waals surface area contributed by atoms with E-state index < -0.39 is 0 Å². The highest BCUT2D eigenvalue weighted by atomic mass is 16.5. The van der Waals surface area contributed by atoms with Gasteiger partial charge in [-0.05, 0) is 116 Å². The topological polar surface area (TPSA) is 15.7 Å². The van der Waals surface area contributed by atoms with Crippen molar-refractivity contribution >= 4 is 34.1 Å². The summed E-state index contributed by atoms with van der Waals surface area (Å²) in [6.45, 7) is 9.41. The fraction of sp³-hybridized carbons (Fsp3) is 0.111. The van der Waals surface area contributed by atoms with Crippen LogP contribution in [0.25, 0.3) is 33.4 Å². The van der Waals surface area contributed by atoms with Crippen LogP contribution in [0.1, 0.15) is 49.9 Å². The van der Waals surface area contributed by atoms with E-state index in [1.165, 1.54) is 61.3 Å². The molecule has 0 N–H and O–H groups in total. The van der Waals surface area contributed by atoms with Gasteiger partial charge in [-0.2, -0.15) is 0 Å². The first-order valence-corrected chi connectivity index (χ1v) is 19.9. The molecule has 0 saturated carbocycles. The molecule has 8 aromatic rings. The minimum atomic E-state index is -0.274. The highest BCUT2D eigenvalue weighted by Gasteiger charge is 2.43. The summed E-state index contributed by atoms with van der Waals surface area (Å²) in [6.07, 6.45) is 0. The standard InChI is InChI=1S/C54H42N2O/c1-53(2)44-18-9-8-16-42(44)43-33-32-40(34-46(43)53)55(38-28-24-36(25-29-38)35-14-6-5-7-15-35)39-30-26-37(27-31-39)41-17-12-21-48-51(41)54(3,4)45-19-13-23-50-52(45)56(48)47-20-10-11-22-49(47)57-50/h5-34H,1-4H3. The Labute approximate surface area is 335 Å². The van der Waals surface area contributed by atoms with Crippen LogP contribution < -0.4 is 14.5 Å². The largest absolute Gasteiger partial charge is 0.453 e. The molecule has 274 valence electrons. The van der Waals surface area contributed by atoms with E-state index >= 15 is 0 Å². The summed E-state index contributed by atoms with van der Waals surface area (Å²) in [5, 5.41) is 0. The predicted molar refractivity (Wildman–Crippen MR) is 236 cm³/mol. The van der Waals surface area contributed by atoms with Gasteiger partial charge in [0.1, 0.15) is 0 Å². The summed E-state index contributed by atoms with van der Waals surface area (Å²) in [4.78, 5) is 4.82. The molecule has 0 spiro atoms. The lowest BCUT2D eigenvalue weighted by Crippen LogP contribution is -2.32. The van der Waals surface area contributed by atoms with Crippen LogP contribution in [0.15, 0.2) is 182 Å². The lowest BCUT2D eigenvalue weighted by molar-refractivity contribution is 0.471. The molecule has 57 heavy (non-hydrogen) atoms. The summed E-state index contributed by atoms with van der Waals surface area (Å²) in [5.41, 5.74) is 19.2. The zero-order valence-electron chi connectivity index (χ0n) is 32.6. The van der Waals surface area contributed by atoms with Crippen LogP contribution in [0.5, 0.6) is 11.5 Å². The summed E-state index contributed by atoms with van der Waals surface area (Å²) in [6, 6.07) is 66.3. The van der Waals surface area contributed by atoms with E-state index in [0.29, 0.717) is 0 Å². The summed E-state index contributed by atoms with van der Waals surface area (Å²) >= 11 is 0. The molecule has 8 aromatic carbocycles. The Balaban J connectivity index is 1.04. The molecular formula is C54H42N2O. The first-order chi connectivity index (χ1) is 27.8. The van der Waals surface area contributed by atoms with Gasteiger partial charge in [0.25, 0.3) is 0 Å². The molecule has 0 aromatic heterocycles. The van der Waals surface area contributed by atoms with Crippen molar-refractivity contribution in [3.05, 3.63) is 204 Å². The average molecular weight is 735 g/mol. The third kappa shape index (κ3) is 4.98. The van der Waals surface area contributed by atoms with Gasteiger partial charge >= 0.3 is 0 Å². The second kappa shape index (κ2) is 12.3. The Morgan fingerprint density at radius 1 is 0.404 bits per heavy atom. The molecule has 0 bridgehead atoms. The fourth-order valence-electron chi connectivity index (χ4n) is 9.82. The van der Waals surface area contributed by atoms with E-state index in [9.17, 15) is 0 Å². The number of benzene rings is 8. The van der Waals surface area contributed by atoms with Crippen molar-refractivity contribution in [3.8, 4) is 44.9 Å². The normalized spacial score (nSPS) is 14.7. The van der Waals surface area contributed by atoms with Gasteiger partial charge in [0.15, 0.2) is 11.5 Å². The Morgan fingerprint density at radius 2 is 0.965 bits per heavy atom. The quantitative estimate of drug-likeness (QED) is 0.175. The smallest absolute Gasteiger partial charge is 0.151 e. The number of hydrogen-bond donors (Lipinski definition) is 0. The van der Waals surface area contributed by atoms with Crippen molar-refractivity contribution in [1.82, 2.24) is 0 Å². The Bertz CT molecular complexity index is 2870. The molecule has 0 atom stereocenters. The van der Waals surface area contributed by atoms with Crippen LogP contribution in [0.3, 0.4) is 0 Å². The van der Waals surface area contributed by atoms with Crippen molar-refractivity contribution in [3.63, 3.8) is 0 Å². The number of para-hydroxylation sites is 3. The van der Waals surface area contributed by atoms with Crippen molar-refractivity contribution in [2.24, 2.45) is 0 Å². The average Bonchev–Trinajstić information content (AvgIpc) is 3.48. The van der Waals surface area contributed by atoms with Gasteiger partial charge in [0, 0.05) is 27.9 Å². The molecule has 3 heteroatoms. The SMILES string of the molecule is CC1(C)c2ccccc2-c2ccc(N(c3ccc(-c4ccccc4)cc3)c3ccc(-c4cccc5c4C(C)(C)c4cccc6c4N5c4ccccc4O6)cc3)cc21. The lowest BCUT2D eigenvalue weighted by Gasteiger charge is -2.45. The molecule has 0 unspecified atom stereocenters. The molecule has 0 fully saturated rings. The lowest BCUT2D eigenvalue weighted by atomic mass is 9.70. The van der Waals surface area contributed by atoms with Gasteiger partial charge in [-0.3, -0.25) is 0 Å². The second-order valence-electron chi connectivity index (χ2n) is 16.6. The van der Waals surface area contributed by atoms with Crippen molar-refractivity contribution in [2.45, 2.75) is 38.5 Å². The summed E-state index contributed by atoms with van der Waals surface area (Å²) in [5.74, 6) is 1.77. The first-order valence-electron chi connectivity index (χ1n) is 19.9. The van der Waals surface area contributed by atoms with E-state index in [1.54, 1.807) is 0 Å². The molecule has 2 heterocycles. The second-order valence-corrected chi connectivity index (χ2v) is 16.6. The number of nitrogens with zero attached hydrogens (tertiary/aromatic N) is 2. The molecule has 3 nitrogen and oxygen atoms in total. The maximum absolute atomic E-state index is 6.49. The number of hydrogen-bond acceptors (Lipinski definition) is 3. The molecule has 1 aliphatic carbocycles. The van der Waals surface area contributed by atoms with Crippen LogP contribution in [-0.4, -0.2) is 0 Å². The number of rotatable bonds is 5. The zero-order chi connectivity index (χ0) is 38.5. The van der Waals surface area contributed by atoms with E-state index in [-0.39, 0.29) is 10.8 Å². The number of fused-ring (bicyclic) bond motifs is 7. The van der Waals surface area contributed by atoms with E-state index in [1.807, 2.05) is 6.07 Å². The van der Waals surface area contributed by atoms with Gasteiger partial charge in [0.2, 0.25) is 0 Å². The van der Waals surface area contributed by atoms with Crippen molar-refractivity contribution in [1.29, 1.82) is 0 Å². The van der Waals surface area contributed by atoms with Gasteiger partial charge in [-0.15, -0.1) is 0 Å². The first kappa shape index (κ1) is 33.5. The zero-order valence-corrected chi connectivity index (χ0v) is 32.6. The molecule has 0 radical (unpaired) electrons. The van der Waals surface area contributed by atoms with Crippen molar-refractivity contribution < 1.29 is 4.74 Å². The van der Waals surface area contributed by atoms with Crippen LogP contribution >= 0.6 is 0 Å². The van der Waals surface area contributed by atoms with E-state index in [0.717, 1.165) is 39.9 Å². The summed E-state index contributed by atoms with van der Waals surface area (Å²) in [7, 11) is 0. The highest BCUT2D eigenvalue weighted by molar-refractivity contribution is 5.96.